The van der Waals surface area contributed by atoms with E-state index in [2.05, 4.69) is 30.0 Å². The Labute approximate surface area is 136 Å². The first-order valence-corrected chi connectivity index (χ1v) is 7.91. The van der Waals surface area contributed by atoms with Crippen molar-refractivity contribution in [3.05, 3.63) is 35.8 Å². The quantitative estimate of drug-likeness (QED) is 0.818. The summed E-state index contributed by atoms with van der Waals surface area (Å²) in [6.45, 7) is 9.26. The van der Waals surface area contributed by atoms with Crippen molar-refractivity contribution in [2.45, 2.75) is 13.8 Å². The summed E-state index contributed by atoms with van der Waals surface area (Å²) in [6.07, 6.45) is 1.82. The molecule has 0 N–H and O–H groups in total. The van der Waals surface area contributed by atoms with Crippen LogP contribution in [-0.2, 0) is 0 Å². The van der Waals surface area contributed by atoms with Crippen LogP contribution in [0.25, 0.3) is 0 Å². The first kappa shape index (κ1) is 15.6. The SMILES string of the molecule is Cc1ccc(OCCN2CCN(c3nccc(C)n3)CC2)nn1. The molecule has 1 aliphatic heterocycles. The molecule has 0 radical (unpaired) electrons. The molecule has 2 aromatic heterocycles. The second-order valence-corrected chi connectivity index (χ2v) is 5.69. The number of rotatable bonds is 5. The first-order valence-electron chi connectivity index (χ1n) is 7.91. The third kappa shape index (κ3) is 4.35. The van der Waals surface area contributed by atoms with Gasteiger partial charge in [0.25, 0.3) is 0 Å². The highest BCUT2D eigenvalue weighted by molar-refractivity contribution is 5.30. The summed E-state index contributed by atoms with van der Waals surface area (Å²) in [5.74, 6) is 1.42. The number of hydrogen-bond acceptors (Lipinski definition) is 7. The number of aryl methyl sites for hydroxylation is 2. The van der Waals surface area contributed by atoms with Gasteiger partial charge in [-0.25, -0.2) is 9.97 Å². The topological polar surface area (TPSA) is 67.3 Å². The van der Waals surface area contributed by atoms with Crippen LogP contribution < -0.4 is 9.64 Å². The highest BCUT2D eigenvalue weighted by Crippen LogP contribution is 2.11. The van der Waals surface area contributed by atoms with E-state index < -0.39 is 0 Å². The molecule has 0 aliphatic carbocycles. The minimum Gasteiger partial charge on any atom is -0.475 e. The van der Waals surface area contributed by atoms with E-state index >= 15 is 0 Å². The largest absolute Gasteiger partial charge is 0.475 e. The van der Waals surface area contributed by atoms with Gasteiger partial charge in [0.2, 0.25) is 11.8 Å². The van der Waals surface area contributed by atoms with Gasteiger partial charge in [0.15, 0.2) is 0 Å². The predicted molar refractivity (Wildman–Crippen MR) is 87.7 cm³/mol. The van der Waals surface area contributed by atoms with Gasteiger partial charge >= 0.3 is 0 Å². The lowest BCUT2D eigenvalue weighted by Crippen LogP contribution is -2.48. The highest BCUT2D eigenvalue weighted by Gasteiger charge is 2.18. The van der Waals surface area contributed by atoms with E-state index in [1.807, 2.05) is 38.2 Å². The molecule has 0 saturated carbocycles. The summed E-state index contributed by atoms with van der Waals surface area (Å²) >= 11 is 0. The molecule has 0 atom stereocenters. The number of anilines is 1. The van der Waals surface area contributed by atoms with Crippen molar-refractivity contribution >= 4 is 5.95 Å². The smallest absolute Gasteiger partial charge is 0.233 e. The normalized spacial score (nSPS) is 15.7. The van der Waals surface area contributed by atoms with Gasteiger partial charge in [-0.15, -0.1) is 5.10 Å². The summed E-state index contributed by atoms with van der Waals surface area (Å²) in [6, 6.07) is 5.68. The van der Waals surface area contributed by atoms with Crippen LogP contribution in [0.2, 0.25) is 0 Å². The van der Waals surface area contributed by atoms with Crippen LogP contribution in [0.3, 0.4) is 0 Å². The van der Waals surface area contributed by atoms with Crippen molar-refractivity contribution < 1.29 is 4.74 Å². The fourth-order valence-electron chi connectivity index (χ4n) is 2.50. The van der Waals surface area contributed by atoms with Crippen LogP contribution >= 0.6 is 0 Å². The highest BCUT2D eigenvalue weighted by atomic mass is 16.5. The van der Waals surface area contributed by atoms with E-state index in [0.29, 0.717) is 12.5 Å². The van der Waals surface area contributed by atoms with Crippen molar-refractivity contribution in [3.63, 3.8) is 0 Å². The molecule has 0 spiro atoms. The molecule has 7 heteroatoms. The van der Waals surface area contributed by atoms with Crippen molar-refractivity contribution in [2.24, 2.45) is 0 Å². The summed E-state index contributed by atoms with van der Waals surface area (Å²) in [7, 11) is 0. The Balaban J connectivity index is 1.41. The first-order chi connectivity index (χ1) is 11.2. The van der Waals surface area contributed by atoms with E-state index in [0.717, 1.165) is 50.1 Å². The lowest BCUT2D eigenvalue weighted by atomic mass is 10.3. The molecule has 3 rings (SSSR count). The summed E-state index contributed by atoms with van der Waals surface area (Å²) in [5.41, 5.74) is 1.90. The molecular weight excluding hydrogens is 292 g/mol. The van der Waals surface area contributed by atoms with Gasteiger partial charge in [-0.05, 0) is 26.0 Å². The van der Waals surface area contributed by atoms with Gasteiger partial charge in [-0.1, -0.05) is 0 Å². The zero-order valence-electron chi connectivity index (χ0n) is 13.6. The minimum absolute atomic E-state index is 0.586. The Bertz CT molecular complexity index is 625. The number of aromatic nitrogens is 4. The molecule has 1 saturated heterocycles. The summed E-state index contributed by atoms with van der Waals surface area (Å²) < 4.78 is 5.64. The fraction of sp³-hybridized carbons (Fsp3) is 0.500. The van der Waals surface area contributed by atoms with Crippen molar-refractivity contribution in [2.75, 3.05) is 44.2 Å². The van der Waals surface area contributed by atoms with Crippen LogP contribution in [-0.4, -0.2) is 64.4 Å². The molecule has 2 aromatic rings. The van der Waals surface area contributed by atoms with E-state index in [1.165, 1.54) is 0 Å². The Kier molecular flexibility index (Phi) is 4.97. The standard InChI is InChI=1S/C16H22N6O/c1-13-5-6-17-16(18-13)22-9-7-21(8-10-22)11-12-23-15-4-3-14(2)19-20-15/h3-6H,7-12H2,1-2H3. The second-order valence-electron chi connectivity index (χ2n) is 5.69. The number of nitrogens with zero attached hydrogens (tertiary/aromatic N) is 6. The second kappa shape index (κ2) is 7.32. The molecule has 23 heavy (non-hydrogen) atoms. The van der Waals surface area contributed by atoms with Gasteiger partial charge in [0.05, 0.1) is 5.69 Å². The molecule has 0 bridgehead atoms. The molecule has 0 unspecified atom stereocenters. The maximum absolute atomic E-state index is 5.64. The van der Waals surface area contributed by atoms with E-state index in [1.54, 1.807) is 0 Å². The lowest BCUT2D eigenvalue weighted by molar-refractivity contribution is 0.195. The molecule has 3 heterocycles. The number of ether oxygens (including phenoxy) is 1. The third-order valence-electron chi connectivity index (χ3n) is 3.87. The van der Waals surface area contributed by atoms with Gasteiger partial charge in [-0.2, -0.15) is 5.10 Å². The minimum atomic E-state index is 0.586. The number of piperazine rings is 1. The summed E-state index contributed by atoms with van der Waals surface area (Å²) in [4.78, 5) is 13.5. The van der Waals surface area contributed by atoms with Crippen LogP contribution in [0.1, 0.15) is 11.4 Å². The molecule has 1 fully saturated rings. The van der Waals surface area contributed by atoms with Crippen LogP contribution in [0.15, 0.2) is 24.4 Å². The van der Waals surface area contributed by atoms with Crippen LogP contribution in [0.5, 0.6) is 5.88 Å². The molecule has 1 aliphatic rings. The van der Waals surface area contributed by atoms with Crippen molar-refractivity contribution in [1.82, 2.24) is 25.1 Å². The summed E-state index contributed by atoms with van der Waals surface area (Å²) in [5, 5.41) is 7.99. The Morgan fingerprint density at radius 1 is 1.00 bits per heavy atom. The maximum Gasteiger partial charge on any atom is 0.233 e. The monoisotopic (exact) mass is 314 g/mol. The lowest BCUT2D eigenvalue weighted by Gasteiger charge is -2.34. The number of hydrogen-bond donors (Lipinski definition) is 0. The van der Waals surface area contributed by atoms with Crippen LogP contribution in [0, 0.1) is 13.8 Å². The fourth-order valence-corrected chi connectivity index (χ4v) is 2.50. The molecule has 0 aromatic carbocycles. The Morgan fingerprint density at radius 2 is 1.83 bits per heavy atom. The van der Waals surface area contributed by atoms with Gasteiger partial charge < -0.3 is 9.64 Å². The van der Waals surface area contributed by atoms with E-state index in [9.17, 15) is 0 Å². The van der Waals surface area contributed by atoms with Crippen molar-refractivity contribution in [3.8, 4) is 5.88 Å². The van der Waals surface area contributed by atoms with Gasteiger partial charge in [0, 0.05) is 50.7 Å². The molecule has 122 valence electrons. The zero-order valence-corrected chi connectivity index (χ0v) is 13.6. The third-order valence-corrected chi connectivity index (χ3v) is 3.87. The average Bonchev–Trinajstić information content (AvgIpc) is 2.57. The average molecular weight is 314 g/mol. The van der Waals surface area contributed by atoms with Crippen LogP contribution in [0.4, 0.5) is 5.95 Å². The van der Waals surface area contributed by atoms with E-state index in [4.69, 9.17) is 4.74 Å². The molecular formula is C16H22N6O. The van der Waals surface area contributed by atoms with E-state index in [-0.39, 0.29) is 0 Å². The predicted octanol–water partition coefficient (Wildman–Crippen LogP) is 1.08. The molecule has 7 nitrogen and oxygen atoms in total. The maximum atomic E-state index is 5.64. The van der Waals surface area contributed by atoms with Gasteiger partial charge in [-0.3, -0.25) is 4.90 Å². The van der Waals surface area contributed by atoms with Gasteiger partial charge in [0.1, 0.15) is 6.61 Å². The Hall–Kier alpha value is -2.28. The van der Waals surface area contributed by atoms with Crippen molar-refractivity contribution in [1.29, 1.82) is 0 Å². The molecule has 0 amide bonds. The zero-order chi connectivity index (χ0) is 16.1. The Morgan fingerprint density at radius 3 is 2.52 bits per heavy atom.